The Labute approximate surface area is 265 Å². The molecule has 0 amide bonds. The van der Waals surface area contributed by atoms with Gasteiger partial charge in [-0.15, -0.1) is 0 Å². The molecule has 0 N–H and O–H groups in total. The highest BCUT2D eigenvalue weighted by Gasteiger charge is 2.37. The summed E-state index contributed by atoms with van der Waals surface area (Å²) in [6.45, 7) is 12.8. The van der Waals surface area contributed by atoms with E-state index in [9.17, 15) is 13.2 Å². The van der Waals surface area contributed by atoms with Crippen molar-refractivity contribution in [1.82, 2.24) is 4.98 Å². The van der Waals surface area contributed by atoms with Crippen LogP contribution in [0.3, 0.4) is 0 Å². The van der Waals surface area contributed by atoms with Crippen LogP contribution in [0.5, 0.6) is 17.2 Å². The minimum absolute atomic E-state index is 0.251. The van der Waals surface area contributed by atoms with E-state index in [4.69, 9.17) is 27.2 Å². The Balaban J connectivity index is 0.000000610. The number of alkyl halides is 3. The second kappa shape index (κ2) is 14.6. The van der Waals surface area contributed by atoms with Gasteiger partial charge >= 0.3 is 5.51 Å². The highest BCUT2D eigenvalue weighted by Crippen LogP contribution is 2.38. The highest BCUT2D eigenvalue weighted by molar-refractivity contribution is 7.97. The molecule has 0 aliphatic heterocycles. The van der Waals surface area contributed by atoms with Gasteiger partial charge in [-0.1, -0.05) is 12.1 Å². The van der Waals surface area contributed by atoms with Crippen molar-refractivity contribution in [3.8, 4) is 17.2 Å². The monoisotopic (exact) mass is 663 g/mol. The fraction of sp³-hybridized carbons (Fsp3) is 0.303. The molecule has 1 aromatic heterocycles. The van der Waals surface area contributed by atoms with E-state index in [1.165, 1.54) is 9.79 Å². The van der Waals surface area contributed by atoms with Crippen LogP contribution in [0.15, 0.2) is 112 Å². The molecule has 4 aromatic rings. The zero-order valence-corrected chi connectivity index (χ0v) is 27.4. The SMILES string of the molecule is CC(C)(C)Oc1ccc([S+](c2ccc(OC(C)(C)C)cc2)c2ccccc2OCc2ccncc2)cc1.O=S(=O)([O-])C(F)(F)F. The maximum absolute atomic E-state index is 10.7. The molecule has 0 spiro atoms. The fourth-order valence-corrected chi connectivity index (χ4v) is 5.90. The Morgan fingerprint density at radius 1 is 0.711 bits per heavy atom. The number of halogens is 3. The standard InChI is InChI=1S/C32H36NO3S.CHF3O3S/c1-31(2,3)35-25-11-15-27(16-12-25)37(28-17-13-26(14-18-28)36-32(4,5)6)30-10-8-7-9-29(30)34-23-24-19-21-33-22-20-24;2-1(3,4)8(5,6)7/h7-22H,23H2,1-6H3;(H,5,6,7)/q+1;/p-1. The number of rotatable bonds is 8. The summed E-state index contributed by atoms with van der Waals surface area (Å²) < 4.78 is 77.4. The third-order valence-corrected chi connectivity index (χ3v) is 8.29. The molecule has 12 heteroatoms. The van der Waals surface area contributed by atoms with Crippen LogP contribution in [0, 0.1) is 0 Å². The maximum atomic E-state index is 10.7. The van der Waals surface area contributed by atoms with Crippen LogP contribution in [0.4, 0.5) is 13.2 Å². The zero-order chi connectivity index (χ0) is 33.5. The molecule has 0 atom stereocenters. The average molecular weight is 664 g/mol. The van der Waals surface area contributed by atoms with Crippen molar-refractivity contribution in [2.24, 2.45) is 0 Å². The van der Waals surface area contributed by atoms with E-state index in [0.717, 1.165) is 27.7 Å². The molecule has 0 aliphatic rings. The number of ether oxygens (including phenoxy) is 3. The summed E-state index contributed by atoms with van der Waals surface area (Å²) in [5.74, 6) is 2.58. The van der Waals surface area contributed by atoms with Crippen molar-refractivity contribution in [1.29, 1.82) is 0 Å². The summed E-state index contributed by atoms with van der Waals surface area (Å²) in [4.78, 5) is 7.61. The normalized spacial score (nSPS) is 12.2. The van der Waals surface area contributed by atoms with Crippen LogP contribution in [0.1, 0.15) is 47.1 Å². The van der Waals surface area contributed by atoms with E-state index >= 15 is 0 Å². The number of nitrogens with zero attached hydrogens (tertiary/aromatic N) is 1. The Morgan fingerprint density at radius 2 is 1.13 bits per heavy atom. The van der Waals surface area contributed by atoms with Gasteiger partial charge in [-0.05, 0) is 120 Å². The van der Waals surface area contributed by atoms with Crippen LogP contribution in [0.2, 0.25) is 0 Å². The molecule has 0 saturated heterocycles. The number of pyridine rings is 1. The summed E-state index contributed by atoms with van der Waals surface area (Å²) in [7, 11) is -6.49. The van der Waals surface area contributed by atoms with Crippen LogP contribution >= 0.6 is 0 Å². The Hall–Kier alpha value is -3.74. The van der Waals surface area contributed by atoms with Crippen molar-refractivity contribution in [2.45, 2.75) is 79.5 Å². The molecular weight excluding hydrogens is 627 g/mol. The van der Waals surface area contributed by atoms with Gasteiger partial charge in [0.15, 0.2) is 25.7 Å². The largest absolute Gasteiger partial charge is 0.741 e. The van der Waals surface area contributed by atoms with Gasteiger partial charge in [0.2, 0.25) is 4.90 Å². The first-order valence-corrected chi connectivity index (χ1v) is 16.4. The Bertz CT molecular complexity index is 1560. The lowest BCUT2D eigenvalue weighted by molar-refractivity contribution is -0.0517. The number of aromatic nitrogens is 1. The summed E-state index contributed by atoms with van der Waals surface area (Å²) in [5, 5.41) is 0. The number of hydrogen-bond acceptors (Lipinski definition) is 7. The lowest BCUT2D eigenvalue weighted by Gasteiger charge is -2.21. The molecule has 0 saturated carbocycles. The van der Waals surface area contributed by atoms with Crippen molar-refractivity contribution in [3.05, 3.63) is 103 Å². The predicted molar refractivity (Wildman–Crippen MR) is 167 cm³/mol. The van der Waals surface area contributed by atoms with Gasteiger partial charge in [0.1, 0.15) is 40.2 Å². The summed E-state index contributed by atoms with van der Waals surface area (Å²) in [6.07, 6.45) is 3.58. The molecule has 1 heterocycles. The quantitative estimate of drug-likeness (QED) is 0.107. The van der Waals surface area contributed by atoms with E-state index < -0.39 is 26.5 Å². The molecule has 4 rings (SSSR count). The average Bonchev–Trinajstić information content (AvgIpc) is 2.93. The summed E-state index contributed by atoms with van der Waals surface area (Å²) >= 11 is 0. The van der Waals surface area contributed by atoms with E-state index in [2.05, 4.69) is 107 Å². The minimum atomic E-state index is -6.09. The second-order valence-corrected chi connectivity index (χ2v) is 15.0. The molecule has 45 heavy (non-hydrogen) atoms. The van der Waals surface area contributed by atoms with Crippen LogP contribution in [-0.2, 0) is 27.6 Å². The van der Waals surface area contributed by atoms with Crippen molar-refractivity contribution in [2.75, 3.05) is 0 Å². The molecule has 0 radical (unpaired) electrons. The minimum Gasteiger partial charge on any atom is -0.741 e. The van der Waals surface area contributed by atoms with Gasteiger partial charge < -0.3 is 18.8 Å². The molecule has 0 unspecified atom stereocenters. The molecule has 3 aromatic carbocycles. The zero-order valence-electron chi connectivity index (χ0n) is 25.8. The van der Waals surface area contributed by atoms with Gasteiger partial charge in [-0.3, -0.25) is 4.98 Å². The Morgan fingerprint density at radius 3 is 1.53 bits per heavy atom. The molecule has 242 valence electrons. The number of para-hydroxylation sites is 1. The number of benzene rings is 3. The third-order valence-electron chi connectivity index (χ3n) is 5.46. The van der Waals surface area contributed by atoms with E-state index in [1.54, 1.807) is 12.4 Å². The number of hydrogen-bond donors (Lipinski definition) is 0. The van der Waals surface area contributed by atoms with E-state index in [-0.39, 0.29) is 11.2 Å². The smallest absolute Gasteiger partial charge is 0.485 e. The topological polar surface area (TPSA) is 97.8 Å². The lowest BCUT2D eigenvalue weighted by atomic mass is 10.2. The first-order chi connectivity index (χ1) is 20.8. The molecule has 0 bridgehead atoms. The van der Waals surface area contributed by atoms with Crippen molar-refractivity contribution in [3.63, 3.8) is 0 Å². The van der Waals surface area contributed by atoms with Crippen LogP contribution in [0.25, 0.3) is 0 Å². The first kappa shape index (κ1) is 35.7. The van der Waals surface area contributed by atoms with E-state index in [1.807, 2.05) is 24.3 Å². The Kier molecular flexibility index (Phi) is 11.6. The maximum Gasteiger partial charge on any atom is 0.485 e. The summed E-state index contributed by atoms with van der Waals surface area (Å²) in [5.41, 5.74) is -5.07. The van der Waals surface area contributed by atoms with Crippen molar-refractivity contribution >= 4 is 21.0 Å². The summed E-state index contributed by atoms with van der Waals surface area (Å²) in [6, 6.07) is 29.1. The third kappa shape index (κ3) is 11.6. The lowest BCUT2D eigenvalue weighted by Crippen LogP contribution is -2.23. The van der Waals surface area contributed by atoms with Gasteiger partial charge in [0.05, 0.1) is 0 Å². The van der Waals surface area contributed by atoms with Crippen LogP contribution < -0.4 is 14.2 Å². The second-order valence-electron chi connectivity index (χ2n) is 11.7. The van der Waals surface area contributed by atoms with Gasteiger partial charge in [-0.25, -0.2) is 8.42 Å². The molecular formula is C33H36F3NO6S2. The highest BCUT2D eigenvalue weighted by atomic mass is 32.2. The molecule has 0 aliphatic carbocycles. The molecule has 0 fully saturated rings. The fourth-order valence-electron chi connectivity index (χ4n) is 3.76. The van der Waals surface area contributed by atoms with E-state index in [0.29, 0.717) is 6.61 Å². The van der Waals surface area contributed by atoms with Crippen molar-refractivity contribution < 1.29 is 40.4 Å². The first-order valence-electron chi connectivity index (χ1n) is 13.8. The van der Waals surface area contributed by atoms with Gasteiger partial charge in [0, 0.05) is 12.4 Å². The van der Waals surface area contributed by atoms with Gasteiger partial charge in [-0.2, -0.15) is 13.2 Å². The van der Waals surface area contributed by atoms with Crippen LogP contribution in [-0.4, -0.2) is 34.7 Å². The molecule has 7 nitrogen and oxygen atoms in total. The van der Waals surface area contributed by atoms with Gasteiger partial charge in [0.25, 0.3) is 0 Å². The predicted octanol–water partition coefficient (Wildman–Crippen LogP) is 8.16.